The van der Waals surface area contributed by atoms with E-state index in [1.165, 1.54) is 16.9 Å². The largest absolute Gasteiger partial charge is 0.436 e. The molecule has 28 heavy (non-hydrogen) atoms. The highest BCUT2D eigenvalue weighted by atomic mass is 35.5. The fourth-order valence-electron chi connectivity index (χ4n) is 2.96. The van der Waals surface area contributed by atoms with Gasteiger partial charge in [-0.15, -0.1) is 11.3 Å². The smallest absolute Gasteiger partial charge is 0.265 e. The van der Waals surface area contributed by atoms with Gasteiger partial charge in [0.15, 0.2) is 5.58 Å². The number of carbonyl (C=O) groups excluding carboxylic acids is 1. The van der Waals surface area contributed by atoms with Crippen molar-refractivity contribution in [1.29, 1.82) is 0 Å². The first-order valence-corrected chi connectivity index (χ1v) is 10.4. The lowest BCUT2D eigenvalue weighted by Crippen LogP contribution is -2.10. The highest BCUT2D eigenvalue weighted by Gasteiger charge is 2.14. The van der Waals surface area contributed by atoms with E-state index in [1.807, 2.05) is 23.6 Å². The second-order valence-electron chi connectivity index (χ2n) is 6.68. The van der Waals surface area contributed by atoms with Crippen LogP contribution >= 0.6 is 22.9 Å². The summed E-state index contributed by atoms with van der Waals surface area (Å²) < 4.78 is 5.93. The Hall–Kier alpha value is -2.63. The van der Waals surface area contributed by atoms with Gasteiger partial charge in [-0.1, -0.05) is 37.6 Å². The molecule has 4 nitrogen and oxygen atoms in total. The first kappa shape index (κ1) is 18.7. The SMILES string of the molecule is CC[C@@H](C)c1ccc2oc(-c3ccc(Cl)c(NC(=O)c4cccs4)c3)nc2c1. The van der Waals surface area contributed by atoms with Gasteiger partial charge in [-0.05, 0) is 59.7 Å². The van der Waals surface area contributed by atoms with Gasteiger partial charge in [-0.3, -0.25) is 4.79 Å². The van der Waals surface area contributed by atoms with Crippen molar-refractivity contribution >= 4 is 45.6 Å². The van der Waals surface area contributed by atoms with Crippen LogP contribution in [0.1, 0.15) is 41.4 Å². The van der Waals surface area contributed by atoms with E-state index >= 15 is 0 Å². The summed E-state index contributed by atoms with van der Waals surface area (Å²) in [6.07, 6.45) is 1.07. The third-order valence-corrected chi connectivity index (χ3v) is 6.00. The number of fused-ring (bicyclic) bond motifs is 1. The van der Waals surface area contributed by atoms with Crippen molar-refractivity contribution in [1.82, 2.24) is 4.98 Å². The minimum absolute atomic E-state index is 0.190. The van der Waals surface area contributed by atoms with Crippen LogP contribution in [0.25, 0.3) is 22.6 Å². The molecule has 1 atom stereocenters. The molecule has 0 saturated carbocycles. The highest BCUT2D eigenvalue weighted by molar-refractivity contribution is 7.12. The molecule has 6 heteroatoms. The Morgan fingerprint density at radius 1 is 1.25 bits per heavy atom. The van der Waals surface area contributed by atoms with Crippen LogP contribution in [0.15, 0.2) is 58.3 Å². The predicted molar refractivity (Wildman–Crippen MR) is 115 cm³/mol. The summed E-state index contributed by atoms with van der Waals surface area (Å²) in [7, 11) is 0. The molecule has 2 heterocycles. The number of nitrogens with zero attached hydrogens (tertiary/aromatic N) is 1. The number of anilines is 1. The molecule has 2 aromatic heterocycles. The molecule has 0 bridgehead atoms. The molecule has 1 amide bonds. The number of benzene rings is 2. The lowest BCUT2D eigenvalue weighted by molar-refractivity contribution is 0.103. The summed E-state index contributed by atoms with van der Waals surface area (Å²) in [4.78, 5) is 17.6. The molecule has 142 valence electrons. The topological polar surface area (TPSA) is 55.1 Å². The van der Waals surface area contributed by atoms with E-state index in [2.05, 4.69) is 36.3 Å². The minimum atomic E-state index is -0.190. The zero-order valence-electron chi connectivity index (χ0n) is 15.5. The van der Waals surface area contributed by atoms with Gasteiger partial charge in [0.1, 0.15) is 5.52 Å². The van der Waals surface area contributed by atoms with Gasteiger partial charge >= 0.3 is 0 Å². The average Bonchev–Trinajstić information content (AvgIpc) is 3.38. The van der Waals surface area contributed by atoms with Crippen molar-refractivity contribution in [3.8, 4) is 11.5 Å². The number of amides is 1. The van der Waals surface area contributed by atoms with E-state index in [1.54, 1.807) is 18.2 Å². The molecule has 0 aliphatic heterocycles. The zero-order valence-corrected chi connectivity index (χ0v) is 17.1. The first-order valence-electron chi connectivity index (χ1n) is 9.10. The van der Waals surface area contributed by atoms with E-state index in [4.69, 9.17) is 16.0 Å². The Morgan fingerprint density at radius 3 is 2.86 bits per heavy atom. The number of rotatable bonds is 5. The summed E-state index contributed by atoms with van der Waals surface area (Å²) in [5.41, 5.74) is 4.09. The predicted octanol–water partition coefficient (Wildman–Crippen LogP) is 6.98. The maximum absolute atomic E-state index is 12.3. The first-order chi connectivity index (χ1) is 13.5. The number of nitrogens with one attached hydrogen (secondary N) is 1. The normalized spacial score (nSPS) is 12.2. The van der Waals surface area contributed by atoms with Crippen LogP contribution in [0.3, 0.4) is 0 Å². The lowest BCUT2D eigenvalue weighted by atomic mass is 9.98. The molecule has 4 rings (SSSR count). The maximum Gasteiger partial charge on any atom is 0.265 e. The standard InChI is InChI=1S/C22H19ClN2O2S/c1-3-13(2)14-7-9-19-18(11-14)25-22(27-19)15-6-8-16(23)17(12-15)24-21(26)20-5-4-10-28-20/h4-13H,3H2,1-2H3,(H,24,26)/t13-/m1/s1. The number of hydrogen-bond acceptors (Lipinski definition) is 4. The average molecular weight is 411 g/mol. The maximum atomic E-state index is 12.3. The quantitative estimate of drug-likeness (QED) is 0.386. The molecule has 1 N–H and O–H groups in total. The fourth-order valence-corrected chi connectivity index (χ4v) is 3.74. The van der Waals surface area contributed by atoms with Crippen LogP contribution in [0, 0.1) is 0 Å². The summed E-state index contributed by atoms with van der Waals surface area (Å²) >= 11 is 7.66. The van der Waals surface area contributed by atoms with E-state index < -0.39 is 0 Å². The minimum Gasteiger partial charge on any atom is -0.436 e. The fraction of sp³-hybridized carbons (Fsp3) is 0.182. The van der Waals surface area contributed by atoms with Crippen molar-refractivity contribution in [3.63, 3.8) is 0 Å². The second kappa shape index (κ2) is 7.78. The molecule has 4 aromatic rings. The molecule has 0 fully saturated rings. The van der Waals surface area contributed by atoms with Crippen LogP contribution in [-0.4, -0.2) is 10.9 Å². The number of aromatic nitrogens is 1. The third kappa shape index (κ3) is 3.68. The van der Waals surface area contributed by atoms with Gasteiger partial charge in [0.2, 0.25) is 5.89 Å². The van der Waals surface area contributed by atoms with Crippen molar-refractivity contribution in [2.45, 2.75) is 26.2 Å². The van der Waals surface area contributed by atoms with Crippen LogP contribution in [0.5, 0.6) is 0 Å². The molecule has 0 radical (unpaired) electrons. The Labute approximate surface area is 172 Å². The van der Waals surface area contributed by atoms with E-state index in [9.17, 15) is 4.79 Å². The van der Waals surface area contributed by atoms with Gasteiger partial charge in [-0.2, -0.15) is 0 Å². The second-order valence-corrected chi connectivity index (χ2v) is 8.04. The molecule has 0 aliphatic rings. The van der Waals surface area contributed by atoms with Crippen molar-refractivity contribution in [3.05, 3.63) is 69.4 Å². The molecular weight excluding hydrogens is 392 g/mol. The Kier molecular flexibility index (Phi) is 5.20. The summed E-state index contributed by atoms with van der Waals surface area (Å²) in [6, 6.07) is 15.1. The van der Waals surface area contributed by atoms with E-state index in [0.29, 0.717) is 27.4 Å². The Bertz CT molecular complexity index is 1130. The molecule has 0 saturated heterocycles. The third-order valence-electron chi connectivity index (χ3n) is 4.80. The number of thiophene rings is 1. The van der Waals surface area contributed by atoms with Gasteiger partial charge in [0.05, 0.1) is 15.6 Å². The Balaban J connectivity index is 1.66. The van der Waals surface area contributed by atoms with E-state index in [-0.39, 0.29) is 5.91 Å². The van der Waals surface area contributed by atoms with E-state index in [0.717, 1.165) is 23.1 Å². The highest BCUT2D eigenvalue weighted by Crippen LogP contribution is 2.32. The molecular formula is C22H19ClN2O2S. The molecule has 0 spiro atoms. The van der Waals surface area contributed by atoms with Crippen LogP contribution in [-0.2, 0) is 0 Å². The van der Waals surface area contributed by atoms with Crippen molar-refractivity contribution in [2.24, 2.45) is 0 Å². The number of halogens is 1. The molecule has 0 unspecified atom stereocenters. The van der Waals surface area contributed by atoms with Crippen molar-refractivity contribution < 1.29 is 9.21 Å². The number of oxazole rings is 1. The number of carbonyl (C=O) groups is 1. The summed E-state index contributed by atoms with van der Waals surface area (Å²) in [5.74, 6) is 0.781. The van der Waals surface area contributed by atoms with Crippen molar-refractivity contribution in [2.75, 3.05) is 5.32 Å². The summed E-state index contributed by atoms with van der Waals surface area (Å²) in [5, 5.41) is 5.18. The monoisotopic (exact) mass is 410 g/mol. The van der Waals surface area contributed by atoms with Gasteiger partial charge in [0, 0.05) is 5.56 Å². The zero-order chi connectivity index (χ0) is 19.7. The number of hydrogen-bond donors (Lipinski definition) is 1. The van der Waals surface area contributed by atoms with Crippen LogP contribution in [0.4, 0.5) is 5.69 Å². The molecule has 0 aliphatic carbocycles. The summed E-state index contributed by atoms with van der Waals surface area (Å²) in [6.45, 7) is 4.37. The van der Waals surface area contributed by atoms with Crippen LogP contribution < -0.4 is 5.32 Å². The lowest BCUT2D eigenvalue weighted by Gasteiger charge is -2.07. The van der Waals surface area contributed by atoms with Crippen LogP contribution in [0.2, 0.25) is 5.02 Å². The van der Waals surface area contributed by atoms with Gasteiger partial charge in [-0.25, -0.2) is 4.98 Å². The molecule has 2 aromatic carbocycles. The Morgan fingerprint density at radius 2 is 2.11 bits per heavy atom. The van der Waals surface area contributed by atoms with Gasteiger partial charge < -0.3 is 9.73 Å². The van der Waals surface area contributed by atoms with Gasteiger partial charge in [0.25, 0.3) is 5.91 Å².